The lowest BCUT2D eigenvalue weighted by Gasteiger charge is -2.11. The number of imidazole rings is 1. The Kier molecular flexibility index (Phi) is 4.08. The van der Waals surface area contributed by atoms with E-state index in [1.54, 1.807) is 17.6 Å². The number of hydrogen-bond acceptors (Lipinski definition) is 3. The van der Waals surface area contributed by atoms with Crippen LogP contribution in [-0.4, -0.2) is 20.6 Å². The van der Waals surface area contributed by atoms with Gasteiger partial charge in [-0.3, -0.25) is 4.79 Å². The largest absolute Gasteiger partial charge is 0.385 e. The summed E-state index contributed by atoms with van der Waals surface area (Å²) in [6.45, 7) is 1.58. The van der Waals surface area contributed by atoms with Crippen LogP contribution in [0, 0.1) is 5.82 Å². The van der Waals surface area contributed by atoms with Crippen molar-refractivity contribution in [2.75, 3.05) is 5.32 Å². The van der Waals surface area contributed by atoms with Crippen LogP contribution in [0.3, 0.4) is 0 Å². The molecule has 1 atom stereocenters. The highest BCUT2D eigenvalue weighted by Gasteiger charge is 2.16. The number of amides is 1. The van der Waals surface area contributed by atoms with Crippen molar-refractivity contribution in [1.29, 1.82) is 0 Å². The maximum atomic E-state index is 13.2. The van der Waals surface area contributed by atoms with Gasteiger partial charge in [-0.2, -0.15) is 0 Å². The number of carbonyl (C=O) groups excluding carboxylic acids is 1. The second-order valence-electron chi connectivity index (χ2n) is 5.28. The lowest BCUT2D eigenvalue weighted by molar-refractivity contribution is -0.116. The first-order valence-electron chi connectivity index (χ1n) is 7.23. The highest BCUT2D eigenvalue weighted by molar-refractivity contribution is 5.91. The molecule has 0 aliphatic rings. The van der Waals surface area contributed by atoms with E-state index in [1.807, 2.05) is 24.3 Å². The Balaban J connectivity index is 1.88. The van der Waals surface area contributed by atoms with E-state index in [0.717, 1.165) is 5.52 Å². The molecule has 6 heteroatoms. The highest BCUT2D eigenvalue weighted by Crippen LogP contribution is 2.21. The first kappa shape index (κ1) is 15.2. The number of carbonyl (C=O) groups is 1. The number of para-hydroxylation sites is 2. The molecule has 0 radical (unpaired) electrons. The second-order valence-corrected chi connectivity index (χ2v) is 5.28. The first-order valence-corrected chi connectivity index (χ1v) is 7.23. The summed E-state index contributed by atoms with van der Waals surface area (Å²) in [5.41, 5.74) is 1.86. The number of aliphatic hydroxyl groups excluding tert-OH is 1. The predicted molar refractivity (Wildman–Crippen MR) is 85.4 cm³/mol. The Labute approximate surface area is 132 Å². The molecular weight excluding hydrogens is 297 g/mol. The van der Waals surface area contributed by atoms with Crippen molar-refractivity contribution in [2.24, 2.45) is 0 Å². The van der Waals surface area contributed by atoms with Gasteiger partial charge in [0.25, 0.3) is 0 Å². The molecule has 1 amide bonds. The normalized spacial score (nSPS) is 12.3. The van der Waals surface area contributed by atoms with Crippen LogP contribution in [0.1, 0.15) is 18.9 Å². The predicted octanol–water partition coefficient (Wildman–Crippen LogP) is 2.87. The zero-order valence-corrected chi connectivity index (χ0v) is 12.5. The van der Waals surface area contributed by atoms with Crippen molar-refractivity contribution < 1.29 is 14.3 Å². The molecule has 5 nitrogen and oxygen atoms in total. The number of fused-ring (bicyclic) bond motifs is 1. The second kappa shape index (κ2) is 6.18. The van der Waals surface area contributed by atoms with E-state index < -0.39 is 11.9 Å². The molecule has 3 rings (SSSR count). The van der Waals surface area contributed by atoms with Gasteiger partial charge in [-0.05, 0) is 37.3 Å². The van der Waals surface area contributed by atoms with Crippen molar-refractivity contribution in [1.82, 2.24) is 9.55 Å². The molecular formula is C17H16FN3O2. The van der Waals surface area contributed by atoms with E-state index in [4.69, 9.17) is 0 Å². The topological polar surface area (TPSA) is 67.2 Å². The van der Waals surface area contributed by atoms with Crippen molar-refractivity contribution in [3.63, 3.8) is 0 Å². The van der Waals surface area contributed by atoms with E-state index in [9.17, 15) is 14.3 Å². The molecule has 2 N–H and O–H groups in total. The third kappa shape index (κ3) is 3.22. The summed E-state index contributed by atoms with van der Waals surface area (Å²) in [7, 11) is 0. The maximum absolute atomic E-state index is 13.2. The number of hydrogen-bond donors (Lipinski definition) is 2. The zero-order valence-electron chi connectivity index (χ0n) is 12.5. The first-order chi connectivity index (χ1) is 11.0. The van der Waals surface area contributed by atoms with Crippen LogP contribution in [0.2, 0.25) is 0 Å². The van der Waals surface area contributed by atoms with Crippen LogP contribution in [0.4, 0.5) is 10.1 Å². The number of aromatic nitrogens is 2. The summed E-state index contributed by atoms with van der Waals surface area (Å²) in [4.78, 5) is 16.6. The standard InChI is InChI=1S/C17H16FN3O2/c1-11(22)17-20-14-7-2-3-8-15(14)21(17)10-16(23)19-13-6-4-5-12(18)9-13/h2-9,11,22H,10H2,1H3,(H,19,23). The smallest absolute Gasteiger partial charge is 0.244 e. The minimum Gasteiger partial charge on any atom is -0.385 e. The fraction of sp³-hybridized carbons (Fsp3) is 0.176. The third-order valence-electron chi connectivity index (χ3n) is 3.47. The molecule has 1 aromatic heterocycles. The van der Waals surface area contributed by atoms with Gasteiger partial charge >= 0.3 is 0 Å². The molecule has 1 unspecified atom stereocenters. The van der Waals surface area contributed by atoms with Crippen LogP contribution < -0.4 is 5.32 Å². The molecule has 118 valence electrons. The lowest BCUT2D eigenvalue weighted by Crippen LogP contribution is -2.20. The van der Waals surface area contributed by atoms with Gasteiger partial charge in [0.1, 0.15) is 24.3 Å². The van der Waals surface area contributed by atoms with E-state index >= 15 is 0 Å². The number of aliphatic hydroxyl groups is 1. The number of nitrogens with zero attached hydrogens (tertiary/aromatic N) is 2. The van der Waals surface area contributed by atoms with Gasteiger partial charge in [0.05, 0.1) is 11.0 Å². The van der Waals surface area contributed by atoms with Gasteiger partial charge < -0.3 is 15.0 Å². The number of anilines is 1. The molecule has 0 aliphatic carbocycles. The monoisotopic (exact) mass is 313 g/mol. The Morgan fingerprint density at radius 1 is 1.30 bits per heavy atom. The summed E-state index contributed by atoms with van der Waals surface area (Å²) in [6.07, 6.45) is -0.802. The third-order valence-corrected chi connectivity index (χ3v) is 3.47. The van der Waals surface area contributed by atoms with Crippen LogP contribution in [0.25, 0.3) is 11.0 Å². The molecule has 0 saturated carbocycles. The fourth-order valence-corrected chi connectivity index (χ4v) is 2.49. The van der Waals surface area contributed by atoms with Gasteiger partial charge in [0.15, 0.2) is 0 Å². The van der Waals surface area contributed by atoms with Crippen molar-refractivity contribution in [2.45, 2.75) is 19.6 Å². The Bertz CT molecular complexity index is 858. The maximum Gasteiger partial charge on any atom is 0.244 e. The number of rotatable bonds is 4. The summed E-state index contributed by atoms with van der Waals surface area (Å²) in [6, 6.07) is 13.0. The van der Waals surface area contributed by atoms with Crippen LogP contribution in [0.5, 0.6) is 0 Å². The average Bonchev–Trinajstić information content (AvgIpc) is 2.86. The Morgan fingerprint density at radius 3 is 2.83 bits per heavy atom. The Morgan fingerprint density at radius 2 is 2.09 bits per heavy atom. The van der Waals surface area contributed by atoms with Gasteiger partial charge in [0, 0.05) is 5.69 Å². The van der Waals surface area contributed by atoms with Crippen LogP contribution in [-0.2, 0) is 11.3 Å². The SMILES string of the molecule is CC(O)c1nc2ccccc2n1CC(=O)Nc1cccc(F)c1. The van der Waals surface area contributed by atoms with Crippen molar-refractivity contribution >= 4 is 22.6 Å². The minimum atomic E-state index is -0.802. The quantitative estimate of drug-likeness (QED) is 0.778. The van der Waals surface area contributed by atoms with E-state index in [0.29, 0.717) is 17.0 Å². The van der Waals surface area contributed by atoms with Crippen molar-refractivity contribution in [3.05, 3.63) is 60.2 Å². The van der Waals surface area contributed by atoms with Gasteiger partial charge in [0.2, 0.25) is 5.91 Å². The summed E-state index contributed by atoms with van der Waals surface area (Å²) < 4.78 is 14.8. The summed E-state index contributed by atoms with van der Waals surface area (Å²) >= 11 is 0. The van der Waals surface area contributed by atoms with Crippen LogP contribution >= 0.6 is 0 Å². The zero-order chi connectivity index (χ0) is 16.4. The lowest BCUT2D eigenvalue weighted by atomic mass is 10.3. The molecule has 0 aliphatic heterocycles. The summed E-state index contributed by atoms with van der Waals surface area (Å²) in [5.74, 6) is -0.318. The fourth-order valence-electron chi connectivity index (χ4n) is 2.49. The average molecular weight is 313 g/mol. The van der Waals surface area contributed by atoms with Gasteiger partial charge in [-0.15, -0.1) is 0 Å². The van der Waals surface area contributed by atoms with E-state index in [2.05, 4.69) is 10.3 Å². The Hall–Kier alpha value is -2.73. The minimum absolute atomic E-state index is 0.0166. The molecule has 1 heterocycles. The van der Waals surface area contributed by atoms with E-state index in [-0.39, 0.29) is 12.5 Å². The molecule has 0 fully saturated rings. The number of nitrogens with one attached hydrogen (secondary N) is 1. The molecule has 0 bridgehead atoms. The molecule has 3 aromatic rings. The highest BCUT2D eigenvalue weighted by atomic mass is 19.1. The molecule has 23 heavy (non-hydrogen) atoms. The van der Waals surface area contributed by atoms with Crippen molar-refractivity contribution in [3.8, 4) is 0 Å². The molecule has 2 aromatic carbocycles. The van der Waals surface area contributed by atoms with Crippen LogP contribution in [0.15, 0.2) is 48.5 Å². The van der Waals surface area contributed by atoms with Gasteiger partial charge in [-0.1, -0.05) is 18.2 Å². The summed E-state index contributed by atoms with van der Waals surface area (Å²) in [5, 5.41) is 12.5. The van der Waals surface area contributed by atoms with E-state index in [1.165, 1.54) is 18.2 Å². The number of benzene rings is 2. The number of halogens is 1. The molecule has 0 spiro atoms. The van der Waals surface area contributed by atoms with Gasteiger partial charge in [-0.25, -0.2) is 9.37 Å². The molecule has 0 saturated heterocycles.